The fourth-order valence-electron chi connectivity index (χ4n) is 1.77. The van der Waals surface area contributed by atoms with Crippen LogP contribution in [0.25, 0.3) is 0 Å². The first-order valence-corrected chi connectivity index (χ1v) is 6.47. The van der Waals surface area contributed by atoms with Crippen molar-refractivity contribution in [2.45, 2.75) is 12.8 Å². The number of aliphatic carboxylic acids is 2. The van der Waals surface area contributed by atoms with E-state index < -0.39 is 23.8 Å². The number of hydrogen-bond acceptors (Lipinski definition) is 5. The van der Waals surface area contributed by atoms with E-state index in [0.717, 1.165) is 4.90 Å². The van der Waals surface area contributed by atoms with Gasteiger partial charge < -0.3 is 15.9 Å². The molecular formula is C14H16N2O6. The number of imide groups is 1. The predicted molar refractivity (Wildman–Crippen MR) is 75.4 cm³/mol. The molecule has 0 saturated heterocycles. The van der Waals surface area contributed by atoms with Gasteiger partial charge in [-0.15, -0.1) is 0 Å². The molecule has 1 aliphatic heterocycles. The maximum absolute atomic E-state index is 11.7. The second-order valence-electron chi connectivity index (χ2n) is 4.38. The zero-order valence-electron chi connectivity index (χ0n) is 11.7. The van der Waals surface area contributed by atoms with Gasteiger partial charge in [-0.25, -0.2) is 0 Å². The van der Waals surface area contributed by atoms with Gasteiger partial charge in [-0.1, -0.05) is 12.1 Å². The number of amides is 2. The van der Waals surface area contributed by atoms with E-state index in [0.29, 0.717) is 11.1 Å². The smallest absolute Gasteiger partial charge is 0.305 e. The molecule has 1 heterocycles. The minimum absolute atomic E-state index is 0.0694. The zero-order valence-corrected chi connectivity index (χ0v) is 11.7. The van der Waals surface area contributed by atoms with Gasteiger partial charge in [-0.2, -0.15) is 0 Å². The summed E-state index contributed by atoms with van der Waals surface area (Å²) < 4.78 is 0. The van der Waals surface area contributed by atoms with Crippen LogP contribution in [0.3, 0.4) is 0 Å². The third-order valence-electron chi connectivity index (χ3n) is 2.79. The van der Waals surface area contributed by atoms with Crippen molar-refractivity contribution in [1.82, 2.24) is 4.90 Å². The normalized spacial score (nSPS) is 12.5. The molecular weight excluding hydrogens is 292 g/mol. The Morgan fingerprint density at radius 1 is 0.955 bits per heavy atom. The van der Waals surface area contributed by atoms with Crippen LogP contribution in [0.15, 0.2) is 24.3 Å². The van der Waals surface area contributed by atoms with Crippen LogP contribution in [0.2, 0.25) is 0 Å². The van der Waals surface area contributed by atoms with Crippen molar-refractivity contribution in [2.75, 3.05) is 13.1 Å². The zero-order chi connectivity index (χ0) is 16.7. The summed E-state index contributed by atoms with van der Waals surface area (Å²) >= 11 is 0. The molecule has 8 nitrogen and oxygen atoms in total. The average molecular weight is 308 g/mol. The highest BCUT2D eigenvalue weighted by molar-refractivity contribution is 6.21. The number of carbonyl (C=O) groups is 4. The number of fused-ring (bicyclic) bond motifs is 1. The fourth-order valence-corrected chi connectivity index (χ4v) is 1.77. The van der Waals surface area contributed by atoms with Gasteiger partial charge in [-0.05, 0) is 12.1 Å². The van der Waals surface area contributed by atoms with Crippen LogP contribution < -0.4 is 5.73 Å². The Morgan fingerprint density at radius 3 is 1.73 bits per heavy atom. The second-order valence-corrected chi connectivity index (χ2v) is 4.38. The first-order chi connectivity index (χ1) is 10.4. The van der Waals surface area contributed by atoms with Crippen LogP contribution in [-0.4, -0.2) is 52.0 Å². The van der Waals surface area contributed by atoms with Gasteiger partial charge in [0.1, 0.15) is 0 Å². The Kier molecular flexibility index (Phi) is 6.21. The Labute approximate surface area is 126 Å². The van der Waals surface area contributed by atoms with Crippen molar-refractivity contribution in [3.8, 4) is 0 Å². The summed E-state index contributed by atoms with van der Waals surface area (Å²) in [7, 11) is 0. The molecule has 0 atom stereocenters. The average Bonchev–Trinajstić information content (AvgIpc) is 2.70. The number of hydrogen-bond donors (Lipinski definition) is 3. The van der Waals surface area contributed by atoms with Crippen LogP contribution in [-0.2, 0) is 9.59 Å². The minimum Gasteiger partial charge on any atom is -0.481 e. The Balaban J connectivity index is 0.000000346. The van der Waals surface area contributed by atoms with Gasteiger partial charge in [0.25, 0.3) is 11.8 Å². The highest BCUT2D eigenvalue weighted by Crippen LogP contribution is 2.22. The summed E-state index contributed by atoms with van der Waals surface area (Å²) in [5.74, 6) is -2.70. The molecule has 0 aromatic heterocycles. The lowest BCUT2D eigenvalue weighted by Crippen LogP contribution is -2.31. The molecule has 0 radical (unpaired) electrons. The molecule has 8 heteroatoms. The van der Waals surface area contributed by atoms with Crippen molar-refractivity contribution in [1.29, 1.82) is 0 Å². The van der Waals surface area contributed by atoms with Crippen LogP contribution in [0.5, 0.6) is 0 Å². The van der Waals surface area contributed by atoms with E-state index in [2.05, 4.69) is 0 Å². The number of benzene rings is 1. The lowest BCUT2D eigenvalue weighted by Gasteiger charge is -2.11. The maximum atomic E-state index is 11.7. The second kappa shape index (κ2) is 7.89. The van der Waals surface area contributed by atoms with Crippen molar-refractivity contribution in [2.24, 2.45) is 5.73 Å². The van der Waals surface area contributed by atoms with Gasteiger partial charge in [-0.3, -0.25) is 24.1 Å². The highest BCUT2D eigenvalue weighted by atomic mass is 16.4. The lowest BCUT2D eigenvalue weighted by molar-refractivity contribution is -0.138. The molecule has 118 valence electrons. The summed E-state index contributed by atoms with van der Waals surface area (Å²) in [6.45, 7) is 0.150. The van der Waals surface area contributed by atoms with Crippen LogP contribution in [0.4, 0.5) is 0 Å². The van der Waals surface area contributed by atoms with Crippen LogP contribution in [0.1, 0.15) is 33.6 Å². The molecule has 0 spiro atoms. The first-order valence-electron chi connectivity index (χ1n) is 6.47. The minimum atomic E-state index is -1.03. The van der Waals surface area contributed by atoms with Gasteiger partial charge in [0.15, 0.2) is 0 Å². The fraction of sp³-hybridized carbons (Fsp3) is 0.286. The van der Waals surface area contributed by atoms with Gasteiger partial charge in [0.2, 0.25) is 0 Å². The Morgan fingerprint density at radius 2 is 1.41 bits per heavy atom. The van der Waals surface area contributed by atoms with Gasteiger partial charge >= 0.3 is 11.9 Å². The third-order valence-corrected chi connectivity index (χ3v) is 2.79. The van der Waals surface area contributed by atoms with E-state index in [9.17, 15) is 19.2 Å². The Bertz CT molecular complexity index is 564. The largest absolute Gasteiger partial charge is 0.481 e. The SMILES string of the molecule is NCCC(=O)O.O=C(O)CCN1C(=O)c2ccccc2C1=O. The molecule has 1 aromatic carbocycles. The summed E-state index contributed by atoms with van der Waals surface area (Å²) in [6.07, 6.45) is -0.161. The van der Waals surface area contributed by atoms with Gasteiger partial charge in [0, 0.05) is 13.1 Å². The lowest BCUT2D eigenvalue weighted by atomic mass is 10.1. The van der Waals surface area contributed by atoms with Crippen molar-refractivity contribution in [3.05, 3.63) is 35.4 Å². The number of nitrogens with two attached hydrogens (primary N) is 1. The molecule has 1 aromatic rings. The molecule has 0 fully saturated rings. The molecule has 0 saturated carbocycles. The molecule has 0 aliphatic carbocycles. The summed E-state index contributed by atoms with van der Waals surface area (Å²) in [6, 6.07) is 6.47. The summed E-state index contributed by atoms with van der Waals surface area (Å²) in [5.41, 5.74) is 5.54. The number of rotatable bonds is 5. The topological polar surface area (TPSA) is 138 Å². The Hall–Kier alpha value is -2.74. The van der Waals surface area contributed by atoms with Crippen LogP contribution in [0, 0.1) is 0 Å². The van der Waals surface area contributed by atoms with E-state index in [1.807, 2.05) is 0 Å². The van der Waals surface area contributed by atoms with E-state index in [1.54, 1.807) is 24.3 Å². The molecule has 0 unspecified atom stereocenters. The van der Waals surface area contributed by atoms with E-state index in [1.165, 1.54) is 0 Å². The monoisotopic (exact) mass is 308 g/mol. The quantitative estimate of drug-likeness (QED) is 0.659. The number of carbonyl (C=O) groups excluding carboxylic acids is 2. The van der Waals surface area contributed by atoms with Crippen molar-refractivity contribution < 1.29 is 29.4 Å². The van der Waals surface area contributed by atoms with E-state index in [4.69, 9.17) is 15.9 Å². The highest BCUT2D eigenvalue weighted by Gasteiger charge is 2.34. The molecule has 22 heavy (non-hydrogen) atoms. The molecule has 2 rings (SSSR count). The third kappa shape index (κ3) is 4.38. The molecule has 2 amide bonds. The van der Waals surface area contributed by atoms with Crippen molar-refractivity contribution in [3.63, 3.8) is 0 Å². The standard InChI is InChI=1S/C11H9NO4.C3H7NO2/c13-9(14)5-6-12-10(15)7-3-1-2-4-8(7)11(12)16;4-2-1-3(5)6/h1-4H,5-6H2,(H,13,14);1-2,4H2,(H,5,6). The summed E-state index contributed by atoms with van der Waals surface area (Å²) in [4.78, 5) is 44.3. The first kappa shape index (κ1) is 17.3. The molecule has 1 aliphatic rings. The van der Waals surface area contributed by atoms with E-state index in [-0.39, 0.29) is 25.9 Å². The maximum Gasteiger partial charge on any atom is 0.305 e. The summed E-state index contributed by atoms with van der Waals surface area (Å²) in [5, 5.41) is 16.3. The number of carboxylic acids is 2. The molecule has 0 bridgehead atoms. The van der Waals surface area contributed by atoms with Crippen molar-refractivity contribution >= 4 is 23.8 Å². The number of nitrogens with zero attached hydrogens (tertiary/aromatic N) is 1. The molecule has 4 N–H and O–H groups in total. The van der Waals surface area contributed by atoms with Gasteiger partial charge in [0.05, 0.1) is 24.0 Å². The predicted octanol–water partition coefficient (Wildman–Crippen LogP) is 0.177. The van der Waals surface area contributed by atoms with Crippen LogP contribution >= 0.6 is 0 Å². The number of carboxylic acid groups (broad SMARTS) is 2. The van der Waals surface area contributed by atoms with E-state index >= 15 is 0 Å².